The van der Waals surface area contributed by atoms with Gasteiger partial charge in [0.2, 0.25) is 11.8 Å². The molecule has 28 heavy (non-hydrogen) atoms. The molecule has 7 heteroatoms. The summed E-state index contributed by atoms with van der Waals surface area (Å²) in [5, 5.41) is 13.2. The number of nitrogens with one attached hydrogen (secondary N) is 1. The number of aryl methyl sites for hydroxylation is 1. The van der Waals surface area contributed by atoms with E-state index in [2.05, 4.69) is 10.3 Å². The first kappa shape index (κ1) is 19.7. The maximum absolute atomic E-state index is 13.0. The Balaban J connectivity index is 1.93. The molecule has 0 spiro atoms. The molecule has 0 bridgehead atoms. The first-order valence-electron chi connectivity index (χ1n) is 8.89. The van der Waals surface area contributed by atoms with E-state index in [4.69, 9.17) is 0 Å². The van der Waals surface area contributed by atoms with Crippen molar-refractivity contribution in [2.45, 2.75) is 25.4 Å². The summed E-state index contributed by atoms with van der Waals surface area (Å²) >= 11 is 1.11. The van der Waals surface area contributed by atoms with Gasteiger partial charge < -0.3 is 10.4 Å². The van der Waals surface area contributed by atoms with E-state index in [0.29, 0.717) is 17.8 Å². The third kappa shape index (κ3) is 4.26. The summed E-state index contributed by atoms with van der Waals surface area (Å²) in [6.45, 7) is 3.69. The molecule has 1 heterocycles. The zero-order valence-electron chi connectivity index (χ0n) is 15.7. The number of anilines is 1. The van der Waals surface area contributed by atoms with Gasteiger partial charge in [0, 0.05) is 5.69 Å². The van der Waals surface area contributed by atoms with Gasteiger partial charge >= 0.3 is 0 Å². The molecule has 3 aromatic rings. The molecule has 0 aliphatic rings. The maximum atomic E-state index is 13.0. The molecule has 6 nitrogen and oxygen atoms in total. The average Bonchev–Trinajstić information content (AvgIpc) is 2.68. The predicted octanol–water partition coefficient (Wildman–Crippen LogP) is 3.54. The maximum Gasteiger partial charge on any atom is 0.265 e. The molecule has 0 radical (unpaired) electrons. The minimum atomic E-state index is -0.324. The van der Waals surface area contributed by atoms with E-state index in [1.165, 1.54) is 4.57 Å². The number of hydrogen-bond acceptors (Lipinski definition) is 5. The molecule has 3 rings (SSSR count). The van der Waals surface area contributed by atoms with Crippen molar-refractivity contribution in [1.29, 1.82) is 0 Å². The van der Waals surface area contributed by atoms with Crippen molar-refractivity contribution in [2.24, 2.45) is 0 Å². The zero-order chi connectivity index (χ0) is 20.1. The van der Waals surface area contributed by atoms with Crippen molar-refractivity contribution in [3.05, 3.63) is 76.1 Å². The van der Waals surface area contributed by atoms with Crippen LogP contribution >= 0.6 is 11.8 Å². The zero-order valence-corrected chi connectivity index (χ0v) is 16.5. The summed E-state index contributed by atoms with van der Waals surface area (Å²) in [5.41, 5.74) is 2.20. The lowest BCUT2D eigenvalue weighted by Gasteiger charge is -2.15. The number of aromatic nitrogens is 2. The topological polar surface area (TPSA) is 84.2 Å². The van der Waals surface area contributed by atoms with Crippen LogP contribution in [0.15, 0.2) is 64.5 Å². The molecule has 2 aromatic carbocycles. The monoisotopic (exact) mass is 395 g/mol. The van der Waals surface area contributed by atoms with Gasteiger partial charge in [0.15, 0.2) is 5.16 Å². The highest BCUT2D eigenvalue weighted by molar-refractivity contribution is 7.99. The summed E-state index contributed by atoms with van der Waals surface area (Å²) in [4.78, 5) is 29.5. The van der Waals surface area contributed by atoms with Gasteiger partial charge in [-0.15, -0.1) is 0 Å². The number of rotatable bonds is 6. The van der Waals surface area contributed by atoms with Gasteiger partial charge in [-0.25, -0.2) is 0 Å². The number of hydrogen-bond donors (Lipinski definition) is 2. The fraction of sp³-hybridized carbons (Fsp3) is 0.190. The summed E-state index contributed by atoms with van der Waals surface area (Å²) in [5.74, 6) is -0.456. The van der Waals surface area contributed by atoms with Crippen LogP contribution in [0.4, 0.5) is 5.69 Å². The van der Waals surface area contributed by atoms with Crippen LogP contribution in [0.1, 0.15) is 18.1 Å². The predicted molar refractivity (Wildman–Crippen MR) is 111 cm³/mol. The Hall–Kier alpha value is -3.06. The third-order valence-electron chi connectivity index (χ3n) is 4.22. The Kier molecular flexibility index (Phi) is 6.16. The Morgan fingerprint density at radius 3 is 2.50 bits per heavy atom. The van der Waals surface area contributed by atoms with E-state index < -0.39 is 0 Å². The van der Waals surface area contributed by atoms with E-state index >= 15 is 0 Å². The molecule has 0 fully saturated rings. The van der Waals surface area contributed by atoms with Crippen molar-refractivity contribution in [2.75, 3.05) is 11.1 Å². The van der Waals surface area contributed by atoms with Crippen LogP contribution in [0.3, 0.4) is 0 Å². The van der Waals surface area contributed by atoms with Crippen molar-refractivity contribution in [1.82, 2.24) is 9.55 Å². The minimum Gasteiger partial charge on any atom is -0.493 e. The van der Waals surface area contributed by atoms with Gasteiger partial charge in [-0.2, -0.15) is 4.98 Å². The van der Waals surface area contributed by atoms with Gasteiger partial charge in [-0.05, 0) is 37.1 Å². The number of carbonyl (C=O) groups excluding carboxylic acids is 1. The van der Waals surface area contributed by atoms with Gasteiger partial charge in [-0.3, -0.25) is 14.2 Å². The SMILES string of the molecule is CCc1c(O)nc(SCC(=O)Nc2ccccc2)n(-c2ccccc2C)c1=O. The molecular weight excluding hydrogens is 374 g/mol. The van der Waals surface area contributed by atoms with Crippen molar-refractivity contribution in [3.8, 4) is 11.6 Å². The van der Waals surface area contributed by atoms with Gasteiger partial charge in [0.05, 0.1) is 17.0 Å². The van der Waals surface area contributed by atoms with Gasteiger partial charge in [-0.1, -0.05) is 55.1 Å². The van der Waals surface area contributed by atoms with Crippen LogP contribution in [0.5, 0.6) is 5.88 Å². The van der Waals surface area contributed by atoms with Crippen molar-refractivity contribution >= 4 is 23.4 Å². The summed E-state index contributed by atoms with van der Waals surface area (Å²) in [7, 11) is 0. The summed E-state index contributed by atoms with van der Waals surface area (Å²) in [6.07, 6.45) is 0.364. The van der Waals surface area contributed by atoms with Crippen LogP contribution in [0, 0.1) is 6.92 Å². The molecule has 0 aliphatic carbocycles. The van der Waals surface area contributed by atoms with E-state index in [0.717, 1.165) is 17.3 Å². The summed E-state index contributed by atoms with van der Waals surface area (Å²) < 4.78 is 1.47. The largest absolute Gasteiger partial charge is 0.493 e. The lowest BCUT2D eigenvalue weighted by atomic mass is 10.2. The quantitative estimate of drug-likeness (QED) is 0.493. The minimum absolute atomic E-state index is 0.0537. The van der Waals surface area contributed by atoms with E-state index in [1.807, 2.05) is 49.4 Å². The number of aromatic hydroxyl groups is 1. The molecule has 0 aliphatic heterocycles. The highest BCUT2D eigenvalue weighted by atomic mass is 32.2. The fourth-order valence-corrected chi connectivity index (χ4v) is 3.60. The molecule has 2 N–H and O–H groups in total. The number of thioether (sulfide) groups is 1. The molecule has 144 valence electrons. The molecule has 1 aromatic heterocycles. The number of amides is 1. The summed E-state index contributed by atoms with van der Waals surface area (Å²) in [6, 6.07) is 16.6. The van der Waals surface area contributed by atoms with Crippen LogP contribution in [0.25, 0.3) is 5.69 Å². The standard InChI is InChI=1S/C21H21N3O3S/c1-3-16-19(26)23-21(24(20(16)27)17-12-8-7-9-14(17)2)28-13-18(25)22-15-10-5-4-6-11-15/h4-12,26H,3,13H2,1-2H3,(H,22,25). The highest BCUT2D eigenvalue weighted by Gasteiger charge is 2.18. The lowest BCUT2D eigenvalue weighted by molar-refractivity contribution is -0.113. The molecule has 0 saturated carbocycles. The van der Waals surface area contributed by atoms with Crippen LogP contribution in [0.2, 0.25) is 0 Å². The van der Waals surface area contributed by atoms with Crippen LogP contribution in [-0.2, 0) is 11.2 Å². The fourth-order valence-electron chi connectivity index (χ4n) is 2.81. The molecule has 0 atom stereocenters. The van der Waals surface area contributed by atoms with Gasteiger partial charge in [0.1, 0.15) is 0 Å². The second-order valence-electron chi connectivity index (χ2n) is 6.18. The van der Waals surface area contributed by atoms with Crippen LogP contribution < -0.4 is 10.9 Å². The average molecular weight is 395 g/mol. The number of benzene rings is 2. The first-order valence-corrected chi connectivity index (χ1v) is 9.88. The normalized spacial score (nSPS) is 10.6. The first-order chi connectivity index (χ1) is 13.5. The van der Waals surface area contributed by atoms with Crippen LogP contribution in [-0.4, -0.2) is 26.3 Å². The Morgan fingerprint density at radius 2 is 1.82 bits per heavy atom. The Labute approximate surface area is 167 Å². The van der Waals surface area contributed by atoms with Crippen molar-refractivity contribution in [3.63, 3.8) is 0 Å². The van der Waals surface area contributed by atoms with E-state index in [9.17, 15) is 14.7 Å². The van der Waals surface area contributed by atoms with Crippen molar-refractivity contribution < 1.29 is 9.90 Å². The number of nitrogens with zero attached hydrogens (tertiary/aromatic N) is 2. The number of para-hydroxylation sites is 2. The second kappa shape index (κ2) is 8.75. The Morgan fingerprint density at radius 1 is 1.14 bits per heavy atom. The molecule has 0 saturated heterocycles. The highest BCUT2D eigenvalue weighted by Crippen LogP contribution is 2.24. The molecular formula is C21H21N3O3S. The van der Waals surface area contributed by atoms with E-state index in [1.54, 1.807) is 19.1 Å². The Bertz CT molecular complexity index is 1050. The third-order valence-corrected chi connectivity index (χ3v) is 5.16. The number of carbonyl (C=O) groups is 1. The second-order valence-corrected chi connectivity index (χ2v) is 7.12. The van der Waals surface area contributed by atoms with E-state index in [-0.39, 0.29) is 33.8 Å². The smallest absolute Gasteiger partial charge is 0.265 e. The van der Waals surface area contributed by atoms with Gasteiger partial charge in [0.25, 0.3) is 5.56 Å². The molecule has 1 amide bonds. The lowest BCUT2D eigenvalue weighted by Crippen LogP contribution is -2.26. The molecule has 0 unspecified atom stereocenters.